The molecule has 5 nitrogen and oxygen atoms in total. The highest BCUT2D eigenvalue weighted by Crippen LogP contribution is 2.50. The SMILES string of the molecule is Cc1cc2c(c3c1C(=O)C(C)(c1ccccc1)C3)OC(C(=O)O)O2. The van der Waals surface area contributed by atoms with Crippen LogP contribution in [0.2, 0.25) is 0 Å². The Kier molecular flexibility index (Phi) is 2.97. The Balaban J connectivity index is 1.85. The second kappa shape index (κ2) is 4.84. The minimum atomic E-state index is -1.36. The summed E-state index contributed by atoms with van der Waals surface area (Å²) in [7, 11) is 0. The fraction of sp³-hybridized carbons (Fsp3) is 0.263. The minimum Gasteiger partial charge on any atom is -0.476 e. The van der Waals surface area contributed by atoms with Crippen LogP contribution in [0.1, 0.15) is 34.0 Å². The first-order chi connectivity index (χ1) is 11.4. The second-order valence-corrected chi connectivity index (χ2v) is 6.48. The Hall–Kier alpha value is -2.82. The van der Waals surface area contributed by atoms with Crippen LogP contribution in [0.25, 0.3) is 0 Å². The van der Waals surface area contributed by atoms with E-state index in [1.54, 1.807) is 6.07 Å². The maximum Gasteiger partial charge on any atom is 0.387 e. The van der Waals surface area contributed by atoms with Gasteiger partial charge in [0, 0.05) is 11.1 Å². The lowest BCUT2D eigenvalue weighted by molar-refractivity contribution is -0.154. The molecule has 0 spiro atoms. The Labute approximate surface area is 138 Å². The molecule has 2 aliphatic rings. The van der Waals surface area contributed by atoms with E-state index >= 15 is 0 Å². The van der Waals surface area contributed by atoms with Crippen molar-refractivity contribution in [1.82, 2.24) is 0 Å². The number of fused-ring (bicyclic) bond motifs is 3. The van der Waals surface area contributed by atoms with Gasteiger partial charge in [-0.2, -0.15) is 0 Å². The van der Waals surface area contributed by atoms with Crippen LogP contribution in [0.5, 0.6) is 11.5 Å². The Morgan fingerprint density at radius 3 is 2.62 bits per heavy atom. The summed E-state index contributed by atoms with van der Waals surface area (Å²) in [5.74, 6) is -0.376. The number of Topliss-reactive ketones (excluding diaryl/α,β-unsaturated/α-hetero) is 1. The summed E-state index contributed by atoms with van der Waals surface area (Å²) >= 11 is 0. The van der Waals surface area contributed by atoms with Gasteiger partial charge in [0.1, 0.15) is 0 Å². The van der Waals surface area contributed by atoms with Gasteiger partial charge in [-0.3, -0.25) is 4.79 Å². The molecular weight excluding hydrogens is 308 g/mol. The van der Waals surface area contributed by atoms with Gasteiger partial charge in [-0.05, 0) is 37.5 Å². The highest BCUT2D eigenvalue weighted by atomic mass is 16.7. The van der Waals surface area contributed by atoms with Gasteiger partial charge in [-0.15, -0.1) is 0 Å². The fourth-order valence-corrected chi connectivity index (χ4v) is 3.63. The predicted octanol–water partition coefficient (Wildman–Crippen LogP) is 2.87. The number of carboxylic acid groups (broad SMARTS) is 1. The quantitative estimate of drug-likeness (QED) is 0.919. The van der Waals surface area contributed by atoms with Gasteiger partial charge in [0.05, 0.1) is 5.41 Å². The molecule has 2 unspecified atom stereocenters. The van der Waals surface area contributed by atoms with Gasteiger partial charge < -0.3 is 14.6 Å². The van der Waals surface area contributed by atoms with Crippen molar-refractivity contribution >= 4 is 11.8 Å². The Bertz CT molecular complexity index is 871. The van der Waals surface area contributed by atoms with Gasteiger partial charge in [0.25, 0.3) is 0 Å². The van der Waals surface area contributed by atoms with E-state index in [1.807, 2.05) is 44.2 Å². The molecule has 1 N–H and O–H groups in total. The number of carboxylic acids is 1. The zero-order valence-corrected chi connectivity index (χ0v) is 13.3. The minimum absolute atomic E-state index is 0.0337. The van der Waals surface area contributed by atoms with Crippen molar-refractivity contribution in [2.24, 2.45) is 0 Å². The zero-order chi connectivity index (χ0) is 17.1. The van der Waals surface area contributed by atoms with Gasteiger partial charge in [-0.25, -0.2) is 4.79 Å². The van der Waals surface area contributed by atoms with Crippen molar-refractivity contribution in [3.05, 3.63) is 58.7 Å². The number of ketones is 1. The Morgan fingerprint density at radius 2 is 1.96 bits per heavy atom. The van der Waals surface area contributed by atoms with E-state index < -0.39 is 17.7 Å². The zero-order valence-electron chi connectivity index (χ0n) is 13.3. The molecule has 1 heterocycles. The number of hydrogen-bond donors (Lipinski definition) is 1. The van der Waals surface area contributed by atoms with Crippen LogP contribution < -0.4 is 9.47 Å². The molecule has 0 saturated carbocycles. The average Bonchev–Trinajstić information content (AvgIpc) is 3.10. The fourth-order valence-electron chi connectivity index (χ4n) is 3.63. The van der Waals surface area contributed by atoms with E-state index in [1.165, 1.54) is 0 Å². The number of carbonyl (C=O) groups excluding carboxylic acids is 1. The lowest BCUT2D eigenvalue weighted by atomic mass is 9.79. The van der Waals surface area contributed by atoms with Crippen LogP contribution in [0.3, 0.4) is 0 Å². The van der Waals surface area contributed by atoms with Gasteiger partial charge in [0.2, 0.25) is 0 Å². The van der Waals surface area contributed by atoms with Crippen LogP contribution in [0, 0.1) is 6.92 Å². The van der Waals surface area contributed by atoms with Gasteiger partial charge in [-0.1, -0.05) is 30.3 Å². The normalized spacial score (nSPS) is 24.1. The average molecular weight is 324 g/mol. The third kappa shape index (κ3) is 1.87. The summed E-state index contributed by atoms with van der Waals surface area (Å²) in [6.45, 7) is 3.76. The third-order valence-corrected chi connectivity index (χ3v) is 4.87. The number of carbonyl (C=O) groups is 2. The number of aliphatic carboxylic acids is 1. The van der Waals surface area contributed by atoms with Crippen LogP contribution >= 0.6 is 0 Å². The highest BCUT2D eigenvalue weighted by Gasteiger charge is 2.47. The molecule has 5 heteroatoms. The summed E-state index contributed by atoms with van der Waals surface area (Å²) in [6, 6.07) is 11.3. The highest BCUT2D eigenvalue weighted by molar-refractivity contribution is 6.10. The number of benzene rings is 2. The molecule has 2 atom stereocenters. The summed E-state index contributed by atoms with van der Waals surface area (Å²) in [5, 5.41) is 9.12. The molecular formula is C19H16O5. The lowest BCUT2D eigenvalue weighted by Crippen LogP contribution is -2.29. The molecule has 122 valence electrons. The molecule has 0 aromatic heterocycles. The summed E-state index contributed by atoms with van der Waals surface area (Å²) in [5.41, 5.74) is 2.39. The molecule has 24 heavy (non-hydrogen) atoms. The van der Waals surface area contributed by atoms with Crippen LogP contribution in [0.15, 0.2) is 36.4 Å². The summed E-state index contributed by atoms with van der Waals surface area (Å²) in [4.78, 5) is 24.3. The largest absolute Gasteiger partial charge is 0.476 e. The first kappa shape index (κ1) is 14.8. The molecule has 0 saturated heterocycles. The van der Waals surface area contributed by atoms with Crippen LogP contribution in [-0.2, 0) is 16.6 Å². The van der Waals surface area contributed by atoms with E-state index in [-0.39, 0.29) is 5.78 Å². The number of hydrogen-bond acceptors (Lipinski definition) is 4. The van der Waals surface area contributed by atoms with E-state index in [2.05, 4.69) is 0 Å². The third-order valence-electron chi connectivity index (χ3n) is 4.87. The molecule has 0 bridgehead atoms. The predicted molar refractivity (Wildman–Crippen MR) is 85.7 cm³/mol. The second-order valence-electron chi connectivity index (χ2n) is 6.48. The van der Waals surface area contributed by atoms with E-state index in [9.17, 15) is 9.59 Å². The van der Waals surface area contributed by atoms with E-state index in [0.717, 1.165) is 16.7 Å². The molecule has 0 amide bonds. The van der Waals surface area contributed by atoms with E-state index in [0.29, 0.717) is 23.5 Å². The van der Waals surface area contributed by atoms with Crippen molar-refractivity contribution in [3.8, 4) is 11.5 Å². The molecule has 2 aromatic rings. The first-order valence-corrected chi connectivity index (χ1v) is 7.75. The smallest absolute Gasteiger partial charge is 0.387 e. The first-order valence-electron chi connectivity index (χ1n) is 7.75. The summed E-state index contributed by atoms with van der Waals surface area (Å²) in [6.07, 6.45) is -0.894. The molecule has 0 radical (unpaired) electrons. The number of rotatable bonds is 2. The van der Waals surface area contributed by atoms with Crippen LogP contribution in [-0.4, -0.2) is 23.1 Å². The number of aryl methyl sites for hydroxylation is 1. The van der Waals surface area contributed by atoms with Crippen molar-refractivity contribution in [2.75, 3.05) is 0 Å². The number of ether oxygens (including phenoxy) is 2. The summed E-state index contributed by atoms with van der Waals surface area (Å²) < 4.78 is 10.8. The van der Waals surface area contributed by atoms with Crippen molar-refractivity contribution in [3.63, 3.8) is 0 Å². The van der Waals surface area contributed by atoms with Crippen molar-refractivity contribution in [1.29, 1.82) is 0 Å². The maximum atomic E-state index is 13.1. The molecule has 1 aliphatic carbocycles. The molecule has 4 rings (SSSR count). The van der Waals surface area contributed by atoms with Crippen molar-refractivity contribution in [2.45, 2.75) is 32.0 Å². The molecule has 1 aliphatic heterocycles. The Morgan fingerprint density at radius 1 is 1.25 bits per heavy atom. The maximum absolute atomic E-state index is 13.1. The van der Waals surface area contributed by atoms with Crippen molar-refractivity contribution < 1.29 is 24.2 Å². The topological polar surface area (TPSA) is 72.8 Å². The monoisotopic (exact) mass is 324 g/mol. The van der Waals surface area contributed by atoms with Gasteiger partial charge >= 0.3 is 12.3 Å². The van der Waals surface area contributed by atoms with Crippen LogP contribution in [0.4, 0.5) is 0 Å². The van der Waals surface area contributed by atoms with E-state index in [4.69, 9.17) is 14.6 Å². The standard InChI is InChI=1S/C19H16O5/c1-10-8-13-15(24-18(23-13)17(21)22)12-9-19(2,16(20)14(10)12)11-6-4-3-5-7-11/h3-8,18H,9H2,1-2H3,(H,21,22). The lowest BCUT2D eigenvalue weighted by Gasteiger charge is -2.22. The molecule has 2 aromatic carbocycles. The van der Waals surface area contributed by atoms with Gasteiger partial charge in [0.15, 0.2) is 17.3 Å². The molecule has 0 fully saturated rings.